The van der Waals surface area contributed by atoms with E-state index in [-0.39, 0.29) is 11.3 Å². The maximum Gasteiger partial charge on any atom is 0.249 e. The minimum Gasteiger partial charge on any atom is -0.504 e. The van der Waals surface area contributed by atoms with Crippen molar-refractivity contribution in [2.45, 2.75) is 13.3 Å². The summed E-state index contributed by atoms with van der Waals surface area (Å²) in [5.41, 5.74) is 2.93. The molecule has 3 rings (SSSR count). The lowest BCUT2D eigenvalue weighted by atomic mass is 10.0. The molecule has 0 amide bonds. The molecule has 0 radical (unpaired) electrons. The summed E-state index contributed by atoms with van der Waals surface area (Å²) in [6.07, 6.45) is 0.954. The van der Waals surface area contributed by atoms with Gasteiger partial charge in [-0.15, -0.1) is 0 Å². The van der Waals surface area contributed by atoms with Crippen LogP contribution in [0.2, 0.25) is 0 Å². The lowest BCUT2D eigenvalue weighted by molar-refractivity contribution is 0.317. The molecule has 0 saturated carbocycles. The Labute approximate surface area is 151 Å². The van der Waals surface area contributed by atoms with E-state index in [1.165, 1.54) is 7.11 Å². The van der Waals surface area contributed by atoms with Crippen molar-refractivity contribution in [3.8, 4) is 39.6 Å². The second kappa shape index (κ2) is 7.78. The summed E-state index contributed by atoms with van der Waals surface area (Å²) in [5.74, 6) is 1.22. The maximum absolute atomic E-state index is 12.1. The summed E-state index contributed by atoms with van der Waals surface area (Å²) in [7, 11) is 1.49. The number of aromatic amines is 1. The number of methoxy groups -OCH3 is 1. The molecule has 0 bridgehead atoms. The molecule has 26 heavy (non-hydrogen) atoms. The molecular formula is C21H21NO4. The second-order valence-corrected chi connectivity index (χ2v) is 5.91. The summed E-state index contributed by atoms with van der Waals surface area (Å²) in [4.78, 5) is 15.0. The average molecular weight is 351 g/mol. The number of nitrogens with one attached hydrogen (secondary N) is 1. The van der Waals surface area contributed by atoms with Gasteiger partial charge in [-0.2, -0.15) is 0 Å². The van der Waals surface area contributed by atoms with Gasteiger partial charge in [0.25, 0.3) is 0 Å². The van der Waals surface area contributed by atoms with Crippen LogP contribution >= 0.6 is 0 Å². The van der Waals surface area contributed by atoms with Gasteiger partial charge in [0, 0.05) is 17.3 Å². The number of benzene rings is 2. The summed E-state index contributed by atoms with van der Waals surface area (Å²) in [5, 5.41) is 9.75. The van der Waals surface area contributed by atoms with Gasteiger partial charge >= 0.3 is 0 Å². The van der Waals surface area contributed by atoms with E-state index in [4.69, 9.17) is 9.47 Å². The number of aromatic hydroxyl groups is 1. The Balaban J connectivity index is 1.96. The smallest absolute Gasteiger partial charge is 0.249 e. The number of hydrogen-bond donors (Lipinski definition) is 2. The largest absolute Gasteiger partial charge is 0.504 e. The molecule has 0 unspecified atom stereocenters. The number of H-pyrrole nitrogens is 1. The van der Waals surface area contributed by atoms with Gasteiger partial charge in [0.05, 0.1) is 13.7 Å². The van der Waals surface area contributed by atoms with Crippen molar-refractivity contribution >= 4 is 0 Å². The van der Waals surface area contributed by atoms with Crippen molar-refractivity contribution in [2.75, 3.05) is 13.7 Å². The standard InChI is InChI=1S/C21H21NO4/c1-3-10-26-17-7-4-14(5-8-17)16-11-18(22-21(24)13-16)15-6-9-19(23)20(12-15)25-2/h4-9,11-13,23H,3,10H2,1-2H3,(H,22,24). The first-order valence-electron chi connectivity index (χ1n) is 8.45. The van der Waals surface area contributed by atoms with Crippen LogP contribution in [-0.2, 0) is 0 Å². The molecule has 1 aromatic heterocycles. The van der Waals surface area contributed by atoms with E-state index in [1.807, 2.05) is 30.3 Å². The van der Waals surface area contributed by atoms with Crippen LogP contribution in [-0.4, -0.2) is 23.8 Å². The predicted octanol–water partition coefficient (Wildman–Crippen LogP) is 4.21. The van der Waals surface area contributed by atoms with Gasteiger partial charge in [-0.25, -0.2) is 0 Å². The van der Waals surface area contributed by atoms with Crippen LogP contribution in [0.4, 0.5) is 0 Å². The molecule has 0 spiro atoms. The van der Waals surface area contributed by atoms with Gasteiger partial charge in [-0.3, -0.25) is 4.79 Å². The monoisotopic (exact) mass is 351 g/mol. The van der Waals surface area contributed by atoms with E-state index in [1.54, 1.807) is 24.3 Å². The highest BCUT2D eigenvalue weighted by Gasteiger charge is 2.08. The number of hydrogen-bond acceptors (Lipinski definition) is 4. The second-order valence-electron chi connectivity index (χ2n) is 5.91. The zero-order valence-electron chi connectivity index (χ0n) is 14.8. The van der Waals surface area contributed by atoms with Gasteiger partial charge in [0.2, 0.25) is 5.56 Å². The Bertz CT molecular complexity index is 945. The highest BCUT2D eigenvalue weighted by atomic mass is 16.5. The normalized spacial score (nSPS) is 10.5. The third kappa shape index (κ3) is 3.88. The van der Waals surface area contributed by atoms with Gasteiger partial charge in [0.1, 0.15) is 5.75 Å². The zero-order valence-corrected chi connectivity index (χ0v) is 14.8. The fourth-order valence-corrected chi connectivity index (χ4v) is 2.67. The van der Waals surface area contributed by atoms with E-state index in [0.717, 1.165) is 28.9 Å². The Morgan fingerprint density at radius 3 is 2.38 bits per heavy atom. The number of phenolic OH excluding ortho intramolecular Hbond substituents is 1. The number of phenols is 1. The minimum absolute atomic E-state index is 0.0532. The lowest BCUT2D eigenvalue weighted by Gasteiger charge is -2.09. The van der Waals surface area contributed by atoms with Gasteiger partial charge in [-0.1, -0.05) is 19.1 Å². The van der Waals surface area contributed by atoms with Crippen LogP contribution < -0.4 is 15.0 Å². The SMILES string of the molecule is CCCOc1ccc(-c2cc(-c3ccc(O)c(OC)c3)[nH]c(=O)c2)cc1. The molecule has 0 atom stereocenters. The number of aromatic nitrogens is 1. The Kier molecular flexibility index (Phi) is 5.27. The van der Waals surface area contributed by atoms with Gasteiger partial charge < -0.3 is 19.6 Å². The first kappa shape index (κ1) is 17.6. The van der Waals surface area contributed by atoms with Crippen LogP contribution in [0.25, 0.3) is 22.4 Å². The Morgan fingerprint density at radius 2 is 1.69 bits per heavy atom. The zero-order chi connectivity index (χ0) is 18.5. The Hall–Kier alpha value is -3.21. The van der Waals surface area contributed by atoms with Gasteiger partial charge in [0.15, 0.2) is 11.5 Å². The third-order valence-electron chi connectivity index (χ3n) is 4.00. The molecule has 0 aliphatic rings. The lowest BCUT2D eigenvalue weighted by Crippen LogP contribution is -2.05. The highest BCUT2D eigenvalue weighted by molar-refractivity contribution is 5.72. The predicted molar refractivity (Wildman–Crippen MR) is 102 cm³/mol. The van der Waals surface area contributed by atoms with Crippen LogP contribution in [0.3, 0.4) is 0 Å². The van der Waals surface area contributed by atoms with Crippen molar-refractivity contribution in [1.82, 2.24) is 4.98 Å². The summed E-state index contributed by atoms with van der Waals surface area (Å²) < 4.78 is 10.7. The van der Waals surface area contributed by atoms with E-state index in [9.17, 15) is 9.90 Å². The summed E-state index contributed by atoms with van der Waals surface area (Å²) in [6, 6.07) is 16.1. The average Bonchev–Trinajstić information content (AvgIpc) is 2.66. The van der Waals surface area contributed by atoms with Crippen molar-refractivity contribution < 1.29 is 14.6 Å². The van der Waals surface area contributed by atoms with Crippen LogP contribution in [0, 0.1) is 0 Å². The highest BCUT2D eigenvalue weighted by Crippen LogP contribution is 2.31. The number of rotatable bonds is 6. The molecule has 0 aliphatic heterocycles. The molecule has 134 valence electrons. The van der Waals surface area contributed by atoms with E-state index in [0.29, 0.717) is 18.1 Å². The van der Waals surface area contributed by atoms with Crippen molar-refractivity contribution in [2.24, 2.45) is 0 Å². The van der Waals surface area contributed by atoms with Crippen molar-refractivity contribution in [3.63, 3.8) is 0 Å². The molecular weight excluding hydrogens is 330 g/mol. The summed E-state index contributed by atoms with van der Waals surface area (Å²) in [6.45, 7) is 2.74. The first-order valence-corrected chi connectivity index (χ1v) is 8.45. The summed E-state index contributed by atoms with van der Waals surface area (Å²) >= 11 is 0. The number of ether oxygens (including phenoxy) is 2. The van der Waals surface area contributed by atoms with E-state index in [2.05, 4.69) is 11.9 Å². The fourth-order valence-electron chi connectivity index (χ4n) is 2.67. The maximum atomic E-state index is 12.1. The van der Waals surface area contributed by atoms with Crippen LogP contribution in [0.15, 0.2) is 59.4 Å². The Morgan fingerprint density at radius 1 is 0.962 bits per heavy atom. The minimum atomic E-state index is -0.198. The molecule has 5 nitrogen and oxygen atoms in total. The molecule has 3 aromatic rings. The van der Waals surface area contributed by atoms with Crippen molar-refractivity contribution in [1.29, 1.82) is 0 Å². The van der Waals surface area contributed by atoms with Crippen LogP contribution in [0.5, 0.6) is 17.2 Å². The molecule has 0 saturated heterocycles. The third-order valence-corrected chi connectivity index (χ3v) is 4.00. The molecule has 0 fully saturated rings. The first-order chi connectivity index (χ1) is 12.6. The van der Waals surface area contributed by atoms with E-state index >= 15 is 0 Å². The molecule has 0 aliphatic carbocycles. The van der Waals surface area contributed by atoms with Crippen molar-refractivity contribution in [3.05, 3.63) is 65.0 Å². The topological polar surface area (TPSA) is 71.5 Å². The van der Waals surface area contributed by atoms with Crippen LogP contribution in [0.1, 0.15) is 13.3 Å². The fraction of sp³-hybridized carbons (Fsp3) is 0.190. The van der Waals surface area contributed by atoms with E-state index < -0.39 is 0 Å². The molecule has 2 N–H and O–H groups in total. The molecule has 2 aromatic carbocycles. The molecule has 1 heterocycles. The molecule has 5 heteroatoms. The number of pyridine rings is 1. The quantitative estimate of drug-likeness (QED) is 0.698. The van der Waals surface area contributed by atoms with Gasteiger partial charge in [-0.05, 0) is 53.9 Å².